The molecule has 1 saturated carbocycles. The highest BCUT2D eigenvalue weighted by atomic mass is 32.1. The summed E-state index contributed by atoms with van der Waals surface area (Å²) in [5, 5.41) is -0.454. The lowest BCUT2D eigenvalue weighted by molar-refractivity contribution is -0.136. The Balaban J connectivity index is 2.15. The number of aryl methyl sites for hydroxylation is 1. The van der Waals surface area contributed by atoms with Gasteiger partial charge in [0.1, 0.15) is 5.65 Å². The minimum atomic E-state index is -4.67. The van der Waals surface area contributed by atoms with E-state index >= 15 is 0 Å². The molecule has 3 heterocycles. The zero-order valence-electron chi connectivity index (χ0n) is 13.0. The Bertz CT molecular complexity index is 1110. The molecule has 3 aromatic rings. The lowest BCUT2D eigenvalue weighted by Crippen LogP contribution is -2.20. The van der Waals surface area contributed by atoms with Gasteiger partial charge >= 0.3 is 6.18 Å². The summed E-state index contributed by atoms with van der Waals surface area (Å²) >= 11 is 6.53. The molecule has 1 aliphatic rings. The van der Waals surface area contributed by atoms with Crippen LogP contribution in [0.4, 0.5) is 13.2 Å². The van der Waals surface area contributed by atoms with E-state index in [9.17, 15) is 18.0 Å². The van der Waals surface area contributed by atoms with Crippen LogP contribution in [-0.4, -0.2) is 14.5 Å². The Morgan fingerprint density at radius 1 is 1.36 bits per heavy atom. The molecular formula is C16H12F3N3OS2. The summed E-state index contributed by atoms with van der Waals surface area (Å²) in [4.78, 5) is 20.6. The molecule has 0 amide bonds. The Morgan fingerprint density at radius 3 is 2.64 bits per heavy atom. The fourth-order valence-corrected chi connectivity index (χ4v) is 4.00. The molecule has 0 bridgehead atoms. The third kappa shape index (κ3) is 2.81. The summed E-state index contributed by atoms with van der Waals surface area (Å²) in [6.07, 6.45) is -3.05. The van der Waals surface area contributed by atoms with Gasteiger partial charge in [-0.3, -0.25) is 14.3 Å². The molecule has 25 heavy (non-hydrogen) atoms. The van der Waals surface area contributed by atoms with E-state index in [-0.39, 0.29) is 22.2 Å². The van der Waals surface area contributed by atoms with Crippen molar-refractivity contribution in [2.24, 2.45) is 0 Å². The Hall–Kier alpha value is -2.00. The van der Waals surface area contributed by atoms with Crippen LogP contribution in [0.2, 0.25) is 0 Å². The number of hydrogen-bond acceptors (Lipinski definition) is 4. The number of fused-ring (bicyclic) bond motifs is 1. The predicted molar refractivity (Wildman–Crippen MR) is 92.5 cm³/mol. The number of pyridine rings is 1. The van der Waals surface area contributed by atoms with E-state index in [1.54, 1.807) is 10.6 Å². The third-order valence-electron chi connectivity index (χ3n) is 4.11. The van der Waals surface area contributed by atoms with Gasteiger partial charge in [-0.2, -0.15) is 13.2 Å². The summed E-state index contributed by atoms with van der Waals surface area (Å²) in [5.41, 5.74) is -1.63. The zero-order valence-corrected chi connectivity index (χ0v) is 14.6. The molecular weight excluding hydrogens is 371 g/mol. The van der Waals surface area contributed by atoms with E-state index in [0.29, 0.717) is 4.88 Å². The van der Waals surface area contributed by atoms with Crippen molar-refractivity contribution in [3.8, 4) is 10.6 Å². The normalized spacial score (nSPS) is 15.0. The molecule has 0 radical (unpaired) electrons. The van der Waals surface area contributed by atoms with E-state index in [1.807, 2.05) is 13.0 Å². The van der Waals surface area contributed by atoms with Crippen molar-refractivity contribution in [1.82, 2.24) is 14.5 Å². The van der Waals surface area contributed by atoms with Gasteiger partial charge in [-0.05, 0) is 50.2 Å². The molecule has 0 spiro atoms. The maximum atomic E-state index is 13.6. The number of rotatable bonds is 2. The fraction of sp³-hybridized carbons (Fsp3) is 0.312. The predicted octanol–water partition coefficient (Wildman–Crippen LogP) is 4.84. The average Bonchev–Trinajstić information content (AvgIpc) is 3.25. The van der Waals surface area contributed by atoms with E-state index in [4.69, 9.17) is 12.2 Å². The first kappa shape index (κ1) is 16.5. The molecule has 1 N–H and O–H groups in total. The first-order valence-electron chi connectivity index (χ1n) is 7.59. The number of H-pyrrole nitrogens is 1. The highest BCUT2D eigenvalue weighted by molar-refractivity contribution is 7.71. The van der Waals surface area contributed by atoms with Gasteiger partial charge in [-0.25, -0.2) is 4.98 Å². The van der Waals surface area contributed by atoms with E-state index in [2.05, 4.69) is 9.97 Å². The van der Waals surface area contributed by atoms with Crippen molar-refractivity contribution in [2.75, 3.05) is 0 Å². The van der Waals surface area contributed by atoms with Crippen LogP contribution >= 0.6 is 23.6 Å². The minimum absolute atomic E-state index is 0.00660. The summed E-state index contributed by atoms with van der Waals surface area (Å²) in [6.45, 7) is 1.87. The van der Waals surface area contributed by atoms with Gasteiger partial charge in [-0.1, -0.05) is 0 Å². The van der Waals surface area contributed by atoms with Gasteiger partial charge in [-0.15, -0.1) is 11.3 Å². The molecule has 130 valence electrons. The molecule has 0 aromatic carbocycles. The van der Waals surface area contributed by atoms with Crippen LogP contribution in [0.1, 0.15) is 29.3 Å². The molecule has 0 unspecified atom stereocenters. The molecule has 9 heteroatoms. The summed E-state index contributed by atoms with van der Waals surface area (Å²) in [5.74, 6) is 0. The largest absolute Gasteiger partial charge is 0.417 e. The van der Waals surface area contributed by atoms with Gasteiger partial charge in [0.25, 0.3) is 5.56 Å². The molecule has 3 aromatic heterocycles. The number of hydrogen-bond donors (Lipinski definition) is 1. The van der Waals surface area contributed by atoms with Crippen LogP contribution in [0.3, 0.4) is 0 Å². The smallest absolute Gasteiger partial charge is 0.299 e. The Morgan fingerprint density at radius 2 is 2.08 bits per heavy atom. The van der Waals surface area contributed by atoms with Crippen LogP contribution in [0.15, 0.2) is 23.0 Å². The van der Waals surface area contributed by atoms with Gasteiger partial charge in [0.2, 0.25) is 0 Å². The van der Waals surface area contributed by atoms with Crippen molar-refractivity contribution >= 4 is 34.6 Å². The van der Waals surface area contributed by atoms with E-state index < -0.39 is 22.7 Å². The molecule has 0 aliphatic heterocycles. The average molecular weight is 383 g/mol. The van der Waals surface area contributed by atoms with E-state index in [1.165, 1.54) is 11.3 Å². The second-order valence-electron chi connectivity index (χ2n) is 6.02. The molecule has 0 saturated heterocycles. The quantitative estimate of drug-likeness (QED) is 0.644. The van der Waals surface area contributed by atoms with Gasteiger partial charge in [0.15, 0.2) is 4.77 Å². The molecule has 0 atom stereocenters. The van der Waals surface area contributed by atoms with Gasteiger partial charge in [0.05, 0.1) is 21.5 Å². The van der Waals surface area contributed by atoms with Crippen LogP contribution < -0.4 is 5.56 Å². The Labute approximate surface area is 149 Å². The van der Waals surface area contributed by atoms with Crippen LogP contribution in [0, 0.1) is 11.7 Å². The number of nitrogens with zero attached hydrogens (tertiary/aromatic N) is 2. The highest BCUT2D eigenvalue weighted by Crippen LogP contribution is 2.40. The van der Waals surface area contributed by atoms with Crippen molar-refractivity contribution in [2.45, 2.75) is 32.0 Å². The second-order valence-corrected chi connectivity index (χ2v) is 7.70. The molecule has 1 aliphatic carbocycles. The van der Waals surface area contributed by atoms with Crippen molar-refractivity contribution in [3.05, 3.63) is 43.8 Å². The second kappa shape index (κ2) is 5.50. The third-order valence-corrected chi connectivity index (χ3v) is 5.43. The summed E-state index contributed by atoms with van der Waals surface area (Å²) < 4.78 is 42.6. The SMILES string of the molecule is Cc1ccc(-c2cc(C(F)(F)F)c3c(=O)[nH]c(=S)n(C4CC4)c3n2)s1. The number of alkyl halides is 3. The maximum absolute atomic E-state index is 13.6. The number of thiophene rings is 1. The van der Waals surface area contributed by atoms with Gasteiger partial charge in [0, 0.05) is 10.9 Å². The summed E-state index contributed by atoms with van der Waals surface area (Å²) in [6, 6.07) is 4.49. The van der Waals surface area contributed by atoms with Crippen LogP contribution in [0.5, 0.6) is 0 Å². The summed E-state index contributed by atoms with van der Waals surface area (Å²) in [7, 11) is 0. The minimum Gasteiger partial charge on any atom is -0.299 e. The zero-order chi connectivity index (χ0) is 17.9. The van der Waals surface area contributed by atoms with Gasteiger partial charge < -0.3 is 0 Å². The monoisotopic (exact) mass is 383 g/mol. The van der Waals surface area contributed by atoms with Crippen LogP contribution in [-0.2, 0) is 6.18 Å². The highest BCUT2D eigenvalue weighted by Gasteiger charge is 2.37. The van der Waals surface area contributed by atoms with E-state index in [0.717, 1.165) is 23.8 Å². The number of aromatic nitrogens is 3. The maximum Gasteiger partial charge on any atom is 0.417 e. The fourth-order valence-electron chi connectivity index (χ4n) is 2.84. The molecule has 4 nitrogen and oxygen atoms in total. The number of nitrogens with one attached hydrogen (secondary N) is 1. The van der Waals surface area contributed by atoms with Crippen LogP contribution in [0.25, 0.3) is 21.6 Å². The lowest BCUT2D eigenvalue weighted by atomic mass is 10.1. The van der Waals surface area contributed by atoms with Crippen molar-refractivity contribution in [3.63, 3.8) is 0 Å². The topological polar surface area (TPSA) is 50.7 Å². The molecule has 1 fully saturated rings. The van der Waals surface area contributed by atoms with Crippen molar-refractivity contribution in [1.29, 1.82) is 0 Å². The van der Waals surface area contributed by atoms with Crippen molar-refractivity contribution < 1.29 is 13.2 Å². The first-order valence-corrected chi connectivity index (χ1v) is 8.82. The number of halogens is 3. The first-order chi connectivity index (χ1) is 11.8. The number of aromatic amines is 1. The lowest BCUT2D eigenvalue weighted by Gasteiger charge is -2.15. The molecule has 4 rings (SSSR count). The standard InChI is InChI=1S/C16H12F3N3OS2/c1-7-2-5-11(25-7)10-6-9(16(17,18)19)12-13(20-10)22(8-3-4-8)15(24)21-14(12)23/h2,5-6,8H,3-4H2,1H3,(H,21,23,24). The Kier molecular flexibility index (Phi) is 3.62.